The van der Waals surface area contributed by atoms with E-state index < -0.39 is 5.97 Å². The zero-order valence-electron chi connectivity index (χ0n) is 11.1. The summed E-state index contributed by atoms with van der Waals surface area (Å²) in [5.41, 5.74) is 1.45. The SMILES string of the molecule is COC(=O)c1cc(N2CCN(C)CC2)ccc1Cl.Cl. The lowest BCUT2D eigenvalue weighted by molar-refractivity contribution is 0.0601. The van der Waals surface area contributed by atoms with Crippen LogP contribution in [0.3, 0.4) is 0 Å². The van der Waals surface area contributed by atoms with E-state index in [1.165, 1.54) is 7.11 Å². The molecular formula is C13H18Cl2N2O2. The number of halogens is 2. The Morgan fingerprint density at radius 2 is 1.89 bits per heavy atom. The molecule has 19 heavy (non-hydrogen) atoms. The summed E-state index contributed by atoms with van der Waals surface area (Å²) in [5.74, 6) is -0.393. The lowest BCUT2D eigenvalue weighted by Crippen LogP contribution is -2.44. The van der Waals surface area contributed by atoms with E-state index in [9.17, 15) is 4.79 Å². The van der Waals surface area contributed by atoms with Crippen LogP contribution in [0.15, 0.2) is 18.2 Å². The molecule has 2 rings (SSSR count). The monoisotopic (exact) mass is 304 g/mol. The summed E-state index contributed by atoms with van der Waals surface area (Å²) in [5, 5.41) is 0.430. The maximum absolute atomic E-state index is 11.6. The number of hydrogen-bond donors (Lipinski definition) is 0. The number of carbonyl (C=O) groups is 1. The quantitative estimate of drug-likeness (QED) is 0.785. The maximum atomic E-state index is 11.6. The smallest absolute Gasteiger partial charge is 0.339 e. The second-order valence-electron chi connectivity index (χ2n) is 4.45. The molecule has 0 aliphatic carbocycles. The summed E-state index contributed by atoms with van der Waals surface area (Å²) < 4.78 is 4.73. The Morgan fingerprint density at radius 3 is 2.47 bits per heavy atom. The largest absolute Gasteiger partial charge is 0.465 e. The fourth-order valence-corrected chi connectivity index (χ4v) is 2.24. The van der Waals surface area contributed by atoms with Crippen LogP contribution in [0.2, 0.25) is 5.02 Å². The molecular weight excluding hydrogens is 287 g/mol. The number of ether oxygens (including phenoxy) is 1. The predicted molar refractivity (Wildman–Crippen MR) is 79.7 cm³/mol. The van der Waals surface area contributed by atoms with Gasteiger partial charge in [-0.15, -0.1) is 12.4 Å². The van der Waals surface area contributed by atoms with Crippen molar-refractivity contribution in [3.63, 3.8) is 0 Å². The minimum Gasteiger partial charge on any atom is -0.465 e. The Balaban J connectivity index is 0.00000180. The number of hydrogen-bond acceptors (Lipinski definition) is 4. The van der Waals surface area contributed by atoms with Crippen LogP contribution in [-0.2, 0) is 4.74 Å². The molecule has 0 N–H and O–H groups in total. The van der Waals surface area contributed by atoms with Crippen molar-refractivity contribution in [3.8, 4) is 0 Å². The van der Waals surface area contributed by atoms with Crippen LogP contribution in [0.1, 0.15) is 10.4 Å². The van der Waals surface area contributed by atoms with Gasteiger partial charge < -0.3 is 14.5 Å². The average Bonchev–Trinajstić information content (AvgIpc) is 2.39. The topological polar surface area (TPSA) is 32.8 Å². The van der Waals surface area contributed by atoms with Crippen LogP contribution < -0.4 is 4.90 Å². The third kappa shape index (κ3) is 3.75. The second-order valence-corrected chi connectivity index (χ2v) is 4.85. The van der Waals surface area contributed by atoms with Gasteiger partial charge in [0.2, 0.25) is 0 Å². The highest BCUT2D eigenvalue weighted by molar-refractivity contribution is 6.33. The molecule has 0 atom stereocenters. The molecule has 0 amide bonds. The number of piperazine rings is 1. The first-order valence-electron chi connectivity index (χ1n) is 5.93. The lowest BCUT2D eigenvalue weighted by atomic mass is 10.1. The number of likely N-dealkylation sites (N-methyl/N-ethyl adjacent to an activating group) is 1. The molecule has 0 bridgehead atoms. The van der Waals surface area contributed by atoms with Crippen molar-refractivity contribution in [2.24, 2.45) is 0 Å². The predicted octanol–water partition coefficient (Wildman–Crippen LogP) is 2.30. The number of anilines is 1. The van der Waals surface area contributed by atoms with Crippen molar-refractivity contribution in [1.29, 1.82) is 0 Å². The number of methoxy groups -OCH3 is 1. The summed E-state index contributed by atoms with van der Waals surface area (Å²) in [7, 11) is 3.47. The summed E-state index contributed by atoms with van der Waals surface area (Å²) in [6.45, 7) is 3.96. The third-order valence-corrected chi connectivity index (χ3v) is 3.55. The van der Waals surface area contributed by atoms with Crippen LogP contribution in [0.4, 0.5) is 5.69 Å². The van der Waals surface area contributed by atoms with E-state index >= 15 is 0 Å². The Kier molecular flexibility index (Phi) is 5.91. The van der Waals surface area contributed by atoms with Gasteiger partial charge in [-0.05, 0) is 25.2 Å². The molecule has 1 aromatic rings. The zero-order valence-corrected chi connectivity index (χ0v) is 12.6. The highest BCUT2D eigenvalue weighted by Gasteiger charge is 2.17. The first-order chi connectivity index (χ1) is 8.61. The van der Waals surface area contributed by atoms with Gasteiger partial charge in [0.25, 0.3) is 0 Å². The lowest BCUT2D eigenvalue weighted by Gasteiger charge is -2.34. The number of benzene rings is 1. The number of nitrogens with zero attached hydrogens (tertiary/aromatic N) is 2. The summed E-state index contributed by atoms with van der Waals surface area (Å²) in [4.78, 5) is 16.1. The minimum absolute atomic E-state index is 0. The fraction of sp³-hybridized carbons (Fsp3) is 0.462. The van der Waals surface area contributed by atoms with Gasteiger partial charge in [0, 0.05) is 31.9 Å². The first kappa shape index (κ1) is 16.1. The van der Waals surface area contributed by atoms with Gasteiger partial charge in [0.15, 0.2) is 0 Å². The number of carbonyl (C=O) groups excluding carboxylic acids is 1. The molecule has 1 saturated heterocycles. The van der Waals surface area contributed by atoms with Gasteiger partial charge in [-0.3, -0.25) is 0 Å². The molecule has 1 heterocycles. The van der Waals surface area contributed by atoms with Gasteiger partial charge in [-0.2, -0.15) is 0 Å². The van der Waals surface area contributed by atoms with E-state index in [-0.39, 0.29) is 12.4 Å². The molecule has 0 aromatic heterocycles. The van der Waals surface area contributed by atoms with Crippen molar-refractivity contribution in [2.45, 2.75) is 0 Å². The van der Waals surface area contributed by atoms with Crippen molar-refractivity contribution in [2.75, 3.05) is 45.2 Å². The van der Waals surface area contributed by atoms with E-state index in [0.717, 1.165) is 31.9 Å². The molecule has 0 saturated carbocycles. The summed E-state index contributed by atoms with van der Waals surface area (Å²) in [6.07, 6.45) is 0. The van der Waals surface area contributed by atoms with Gasteiger partial charge in [-0.1, -0.05) is 11.6 Å². The van der Waals surface area contributed by atoms with Crippen LogP contribution in [-0.4, -0.2) is 51.2 Å². The summed E-state index contributed by atoms with van der Waals surface area (Å²) in [6, 6.07) is 5.50. The molecule has 1 aliphatic rings. The normalized spacial score (nSPS) is 15.8. The van der Waals surface area contributed by atoms with Crippen LogP contribution in [0, 0.1) is 0 Å². The van der Waals surface area contributed by atoms with Gasteiger partial charge in [0.1, 0.15) is 0 Å². The van der Waals surface area contributed by atoms with E-state index in [4.69, 9.17) is 16.3 Å². The van der Waals surface area contributed by atoms with E-state index in [1.807, 2.05) is 6.07 Å². The van der Waals surface area contributed by atoms with Gasteiger partial charge in [0.05, 0.1) is 17.7 Å². The highest BCUT2D eigenvalue weighted by Crippen LogP contribution is 2.24. The molecule has 0 spiro atoms. The second kappa shape index (κ2) is 6.98. The fourth-order valence-electron chi connectivity index (χ4n) is 2.04. The van der Waals surface area contributed by atoms with Crippen LogP contribution in [0.5, 0.6) is 0 Å². The number of esters is 1. The van der Waals surface area contributed by atoms with Crippen LogP contribution in [0.25, 0.3) is 0 Å². The van der Waals surface area contributed by atoms with Crippen LogP contribution >= 0.6 is 24.0 Å². The minimum atomic E-state index is -0.393. The summed E-state index contributed by atoms with van der Waals surface area (Å²) >= 11 is 6.00. The molecule has 1 aliphatic heterocycles. The Morgan fingerprint density at radius 1 is 1.26 bits per heavy atom. The zero-order chi connectivity index (χ0) is 13.1. The van der Waals surface area contributed by atoms with E-state index in [2.05, 4.69) is 16.8 Å². The maximum Gasteiger partial charge on any atom is 0.339 e. The molecule has 106 valence electrons. The molecule has 1 fully saturated rings. The standard InChI is InChI=1S/C13H17ClN2O2.ClH/c1-15-5-7-16(8-6-15)10-3-4-12(14)11(9-10)13(17)18-2;/h3-4,9H,5-8H2,1-2H3;1H. The first-order valence-corrected chi connectivity index (χ1v) is 6.31. The van der Waals surface area contributed by atoms with Crippen molar-refractivity contribution < 1.29 is 9.53 Å². The average molecular weight is 305 g/mol. The molecule has 0 radical (unpaired) electrons. The Bertz CT molecular complexity index is 446. The molecule has 4 nitrogen and oxygen atoms in total. The van der Waals surface area contributed by atoms with Gasteiger partial charge in [-0.25, -0.2) is 4.79 Å². The number of rotatable bonds is 2. The highest BCUT2D eigenvalue weighted by atomic mass is 35.5. The van der Waals surface area contributed by atoms with Gasteiger partial charge >= 0.3 is 5.97 Å². The Hall–Kier alpha value is -0.970. The molecule has 6 heteroatoms. The Labute approximate surface area is 124 Å². The molecule has 1 aromatic carbocycles. The third-order valence-electron chi connectivity index (χ3n) is 3.22. The van der Waals surface area contributed by atoms with Crippen molar-refractivity contribution >= 4 is 35.7 Å². The van der Waals surface area contributed by atoms with Crippen molar-refractivity contribution in [1.82, 2.24) is 4.90 Å². The molecule has 0 unspecified atom stereocenters. The van der Waals surface area contributed by atoms with Crippen molar-refractivity contribution in [3.05, 3.63) is 28.8 Å². The van der Waals surface area contributed by atoms with E-state index in [0.29, 0.717) is 10.6 Å². The van der Waals surface area contributed by atoms with E-state index in [1.54, 1.807) is 12.1 Å².